The summed E-state index contributed by atoms with van der Waals surface area (Å²) in [5.41, 5.74) is 0.969. The molecule has 1 saturated heterocycles. The number of fused-ring (bicyclic) bond motifs is 1. The first-order chi connectivity index (χ1) is 15.3. The number of amides is 1. The van der Waals surface area contributed by atoms with Gasteiger partial charge < -0.3 is 10.0 Å². The van der Waals surface area contributed by atoms with Gasteiger partial charge in [-0.25, -0.2) is 0 Å². The van der Waals surface area contributed by atoms with E-state index in [0.29, 0.717) is 24.2 Å². The molecule has 1 amide bonds. The minimum atomic E-state index is -1.06. The monoisotopic (exact) mass is 425 g/mol. The van der Waals surface area contributed by atoms with E-state index >= 15 is 0 Å². The standard InChI is InChI=1S/C28H27NO3/c1-28(2,32)16-15-20-9-11-22(12-10-20)27(31)29-17-5-8-25(19-29)26(30)24-14-13-21-6-3-4-7-23(21)18-24/h3-4,6-7,9-14,18,25,32H,5,8,17,19H2,1-2H3/t25-/m1/s1. The Bertz CT molecular complexity index is 1210. The molecule has 1 heterocycles. The van der Waals surface area contributed by atoms with Crippen LogP contribution < -0.4 is 0 Å². The number of carbonyl (C=O) groups is 2. The Labute approximate surface area is 188 Å². The molecule has 0 aliphatic carbocycles. The molecule has 0 spiro atoms. The van der Waals surface area contributed by atoms with Crippen LogP contribution in [0.2, 0.25) is 0 Å². The number of piperidine rings is 1. The first-order valence-corrected chi connectivity index (χ1v) is 11.0. The summed E-state index contributed by atoms with van der Waals surface area (Å²) in [4.78, 5) is 28.0. The number of nitrogens with zero attached hydrogens (tertiary/aromatic N) is 1. The molecular weight excluding hydrogens is 398 g/mol. The Kier molecular flexibility index (Phi) is 6.12. The highest BCUT2D eigenvalue weighted by atomic mass is 16.3. The smallest absolute Gasteiger partial charge is 0.253 e. The maximum Gasteiger partial charge on any atom is 0.253 e. The van der Waals surface area contributed by atoms with Gasteiger partial charge in [0, 0.05) is 35.7 Å². The lowest BCUT2D eigenvalue weighted by molar-refractivity contribution is 0.0637. The highest BCUT2D eigenvalue weighted by Gasteiger charge is 2.29. The van der Waals surface area contributed by atoms with Crippen LogP contribution in [0.3, 0.4) is 0 Å². The number of Topliss-reactive ketones (excluding diaryl/α,β-unsaturated/α-hetero) is 1. The molecule has 3 aromatic carbocycles. The van der Waals surface area contributed by atoms with Crippen molar-refractivity contribution in [1.82, 2.24) is 4.90 Å². The van der Waals surface area contributed by atoms with E-state index in [1.54, 1.807) is 43.0 Å². The fraction of sp³-hybridized carbons (Fsp3) is 0.286. The molecular formula is C28H27NO3. The molecule has 32 heavy (non-hydrogen) atoms. The van der Waals surface area contributed by atoms with E-state index in [1.165, 1.54) is 0 Å². The van der Waals surface area contributed by atoms with Crippen molar-refractivity contribution in [2.45, 2.75) is 32.3 Å². The molecule has 4 heteroatoms. The molecule has 1 aliphatic rings. The van der Waals surface area contributed by atoms with Crippen molar-refractivity contribution in [1.29, 1.82) is 0 Å². The lowest BCUT2D eigenvalue weighted by atomic mass is 9.89. The van der Waals surface area contributed by atoms with E-state index in [-0.39, 0.29) is 17.6 Å². The first kappa shape index (κ1) is 21.8. The van der Waals surface area contributed by atoms with Gasteiger partial charge >= 0.3 is 0 Å². The Morgan fingerprint density at radius 2 is 1.66 bits per heavy atom. The molecule has 162 valence electrons. The number of hydrogen-bond acceptors (Lipinski definition) is 3. The van der Waals surface area contributed by atoms with Crippen LogP contribution in [0.4, 0.5) is 0 Å². The SMILES string of the molecule is CC(C)(O)C#Cc1ccc(C(=O)N2CCC[C@@H](C(=O)c3ccc4ccccc4c3)C2)cc1. The zero-order valence-electron chi connectivity index (χ0n) is 18.5. The van der Waals surface area contributed by atoms with Gasteiger partial charge in [0.15, 0.2) is 5.78 Å². The van der Waals surface area contributed by atoms with Crippen molar-refractivity contribution in [3.05, 3.63) is 83.4 Å². The number of aliphatic hydroxyl groups is 1. The molecule has 1 N–H and O–H groups in total. The Balaban J connectivity index is 1.46. The lowest BCUT2D eigenvalue weighted by Gasteiger charge is -2.32. The van der Waals surface area contributed by atoms with Gasteiger partial charge in [-0.2, -0.15) is 0 Å². The molecule has 1 atom stereocenters. The van der Waals surface area contributed by atoms with Crippen LogP contribution >= 0.6 is 0 Å². The summed E-state index contributed by atoms with van der Waals surface area (Å²) in [6.45, 7) is 4.35. The van der Waals surface area contributed by atoms with Crippen molar-refractivity contribution < 1.29 is 14.7 Å². The van der Waals surface area contributed by atoms with E-state index in [2.05, 4.69) is 11.8 Å². The maximum absolute atomic E-state index is 13.2. The largest absolute Gasteiger partial charge is 0.378 e. The minimum absolute atomic E-state index is 0.0667. The first-order valence-electron chi connectivity index (χ1n) is 11.0. The summed E-state index contributed by atoms with van der Waals surface area (Å²) in [5, 5.41) is 11.9. The van der Waals surface area contributed by atoms with Crippen LogP contribution in [0, 0.1) is 17.8 Å². The van der Waals surface area contributed by atoms with Gasteiger partial charge in [0.25, 0.3) is 5.91 Å². The van der Waals surface area contributed by atoms with E-state index < -0.39 is 5.60 Å². The molecule has 4 nitrogen and oxygen atoms in total. The van der Waals surface area contributed by atoms with Crippen molar-refractivity contribution >= 4 is 22.5 Å². The lowest BCUT2D eigenvalue weighted by Crippen LogP contribution is -2.42. The third-order valence-electron chi connectivity index (χ3n) is 5.76. The number of benzene rings is 3. The average Bonchev–Trinajstić information content (AvgIpc) is 2.81. The van der Waals surface area contributed by atoms with Crippen molar-refractivity contribution in [3.63, 3.8) is 0 Å². The normalized spacial score (nSPS) is 16.3. The second kappa shape index (κ2) is 8.98. The summed E-state index contributed by atoms with van der Waals surface area (Å²) in [6, 6.07) is 20.9. The summed E-state index contributed by atoms with van der Waals surface area (Å²) in [5.74, 6) is 5.53. The Hall–Kier alpha value is -3.42. The van der Waals surface area contributed by atoms with E-state index in [4.69, 9.17) is 0 Å². The van der Waals surface area contributed by atoms with Crippen LogP contribution in [-0.4, -0.2) is 40.4 Å². The van der Waals surface area contributed by atoms with Gasteiger partial charge in [-0.05, 0) is 67.8 Å². The van der Waals surface area contributed by atoms with E-state index in [9.17, 15) is 14.7 Å². The van der Waals surface area contributed by atoms with Gasteiger partial charge in [-0.3, -0.25) is 9.59 Å². The predicted octanol–water partition coefficient (Wildman–Crippen LogP) is 4.70. The average molecular weight is 426 g/mol. The van der Waals surface area contributed by atoms with Gasteiger partial charge in [-0.15, -0.1) is 0 Å². The van der Waals surface area contributed by atoms with Crippen LogP contribution in [-0.2, 0) is 0 Å². The van der Waals surface area contributed by atoms with E-state index in [0.717, 1.165) is 29.2 Å². The van der Waals surface area contributed by atoms with E-state index in [1.807, 2.05) is 42.5 Å². The molecule has 3 aromatic rings. The van der Waals surface area contributed by atoms with Gasteiger partial charge in [-0.1, -0.05) is 48.2 Å². The zero-order valence-corrected chi connectivity index (χ0v) is 18.5. The summed E-state index contributed by atoms with van der Waals surface area (Å²) < 4.78 is 0. The second-order valence-corrected chi connectivity index (χ2v) is 8.90. The summed E-state index contributed by atoms with van der Waals surface area (Å²) in [7, 11) is 0. The Morgan fingerprint density at radius 1 is 0.969 bits per heavy atom. The van der Waals surface area contributed by atoms with Gasteiger partial charge in [0.2, 0.25) is 0 Å². The van der Waals surface area contributed by atoms with Gasteiger partial charge in [0.05, 0.1) is 0 Å². The van der Waals surface area contributed by atoms with Crippen molar-refractivity contribution in [2.75, 3.05) is 13.1 Å². The predicted molar refractivity (Wildman–Crippen MR) is 127 cm³/mol. The third-order valence-corrected chi connectivity index (χ3v) is 5.76. The van der Waals surface area contributed by atoms with Crippen molar-refractivity contribution in [2.24, 2.45) is 5.92 Å². The fourth-order valence-electron chi connectivity index (χ4n) is 4.06. The molecule has 4 rings (SSSR count). The zero-order chi connectivity index (χ0) is 22.7. The van der Waals surface area contributed by atoms with Crippen LogP contribution in [0.25, 0.3) is 10.8 Å². The Morgan fingerprint density at radius 3 is 2.38 bits per heavy atom. The van der Waals surface area contributed by atoms with Crippen LogP contribution in [0.1, 0.15) is 53.0 Å². The van der Waals surface area contributed by atoms with Crippen LogP contribution in [0.5, 0.6) is 0 Å². The summed E-state index contributed by atoms with van der Waals surface area (Å²) in [6.07, 6.45) is 1.60. The third kappa shape index (κ3) is 5.07. The van der Waals surface area contributed by atoms with Crippen LogP contribution in [0.15, 0.2) is 66.7 Å². The number of rotatable bonds is 3. The molecule has 0 bridgehead atoms. The summed E-state index contributed by atoms with van der Waals surface area (Å²) >= 11 is 0. The fourth-order valence-corrected chi connectivity index (χ4v) is 4.06. The maximum atomic E-state index is 13.2. The molecule has 0 unspecified atom stereocenters. The highest BCUT2D eigenvalue weighted by Crippen LogP contribution is 2.24. The minimum Gasteiger partial charge on any atom is -0.378 e. The number of hydrogen-bond donors (Lipinski definition) is 1. The molecule has 1 fully saturated rings. The number of likely N-dealkylation sites (tertiary alicyclic amines) is 1. The second-order valence-electron chi connectivity index (χ2n) is 8.90. The van der Waals surface area contributed by atoms with Crippen molar-refractivity contribution in [3.8, 4) is 11.8 Å². The quantitative estimate of drug-likeness (QED) is 0.489. The molecule has 0 saturated carbocycles. The number of ketones is 1. The molecule has 0 radical (unpaired) electrons. The molecule has 1 aliphatic heterocycles. The highest BCUT2D eigenvalue weighted by molar-refractivity contribution is 6.02. The van der Waals surface area contributed by atoms with Gasteiger partial charge in [0.1, 0.15) is 5.60 Å². The molecule has 0 aromatic heterocycles. The number of carbonyl (C=O) groups excluding carboxylic acids is 2. The topological polar surface area (TPSA) is 57.6 Å².